The molecule has 0 aromatic heterocycles. The van der Waals surface area contributed by atoms with E-state index in [0.29, 0.717) is 21.9 Å². The van der Waals surface area contributed by atoms with Crippen molar-refractivity contribution in [2.75, 3.05) is 0 Å². The molecule has 0 fully saturated rings. The fourth-order valence-corrected chi connectivity index (χ4v) is 2.76. The molecule has 5 nitrogen and oxygen atoms in total. The summed E-state index contributed by atoms with van der Waals surface area (Å²) in [6.07, 6.45) is 1.50. The third-order valence-corrected chi connectivity index (χ3v) is 4.75. The van der Waals surface area contributed by atoms with Gasteiger partial charge in [-0.15, -0.1) is 0 Å². The van der Waals surface area contributed by atoms with Gasteiger partial charge in [0.05, 0.1) is 21.8 Å². The van der Waals surface area contributed by atoms with Crippen LogP contribution in [0.15, 0.2) is 71.8 Å². The van der Waals surface area contributed by atoms with E-state index < -0.39 is 5.97 Å². The van der Waals surface area contributed by atoms with E-state index >= 15 is 0 Å². The fourth-order valence-electron chi connectivity index (χ4n) is 2.46. The SMILES string of the molecule is Cc1ccccc1C(=O)N/N=C/c1ccc(OC(=O)c2ccc(Cl)c(Cl)c2)cc1. The molecule has 3 aromatic carbocycles. The van der Waals surface area contributed by atoms with Crippen LogP contribution in [0.5, 0.6) is 5.75 Å². The number of nitrogens with zero attached hydrogens (tertiary/aromatic N) is 1. The maximum absolute atomic E-state index is 12.2. The molecule has 1 N–H and O–H groups in total. The standard InChI is InChI=1S/C22H16Cl2N2O3/c1-14-4-2-3-5-18(14)21(27)26-25-13-15-6-9-17(10-7-15)29-22(28)16-8-11-19(23)20(24)12-16/h2-13H,1H3,(H,26,27)/b25-13+. The number of hydrazone groups is 1. The molecule has 0 heterocycles. The Bertz CT molecular complexity index is 1080. The van der Waals surface area contributed by atoms with Gasteiger partial charge in [-0.05, 0) is 66.6 Å². The topological polar surface area (TPSA) is 67.8 Å². The Morgan fingerprint density at radius 1 is 0.966 bits per heavy atom. The zero-order valence-electron chi connectivity index (χ0n) is 15.4. The van der Waals surface area contributed by atoms with Gasteiger partial charge in [-0.3, -0.25) is 4.79 Å². The van der Waals surface area contributed by atoms with Gasteiger partial charge in [0, 0.05) is 5.56 Å². The van der Waals surface area contributed by atoms with Gasteiger partial charge in [0.1, 0.15) is 5.75 Å². The van der Waals surface area contributed by atoms with Crippen molar-refractivity contribution in [2.45, 2.75) is 6.92 Å². The number of esters is 1. The lowest BCUT2D eigenvalue weighted by atomic mass is 10.1. The molecule has 7 heteroatoms. The summed E-state index contributed by atoms with van der Waals surface area (Å²) in [7, 11) is 0. The molecule has 1 amide bonds. The Hall–Kier alpha value is -3.15. The van der Waals surface area contributed by atoms with Crippen molar-refractivity contribution in [2.24, 2.45) is 5.10 Å². The number of benzene rings is 3. The summed E-state index contributed by atoms with van der Waals surface area (Å²) in [6, 6.07) is 18.4. The molecular formula is C22H16Cl2N2O3. The highest BCUT2D eigenvalue weighted by atomic mass is 35.5. The molecule has 0 spiro atoms. The van der Waals surface area contributed by atoms with Gasteiger partial charge in [0.25, 0.3) is 5.91 Å². The van der Waals surface area contributed by atoms with Crippen molar-refractivity contribution in [3.05, 3.63) is 99.0 Å². The van der Waals surface area contributed by atoms with E-state index in [4.69, 9.17) is 27.9 Å². The number of ether oxygens (including phenoxy) is 1. The van der Waals surface area contributed by atoms with Crippen molar-refractivity contribution < 1.29 is 14.3 Å². The smallest absolute Gasteiger partial charge is 0.343 e. The first kappa shape index (κ1) is 20.6. The first-order chi connectivity index (χ1) is 13.9. The summed E-state index contributed by atoms with van der Waals surface area (Å²) in [5, 5.41) is 4.60. The number of rotatable bonds is 5. The summed E-state index contributed by atoms with van der Waals surface area (Å²) in [5.41, 5.74) is 4.94. The quantitative estimate of drug-likeness (QED) is 0.261. The molecule has 146 valence electrons. The van der Waals surface area contributed by atoms with Gasteiger partial charge in [-0.1, -0.05) is 41.4 Å². The highest BCUT2D eigenvalue weighted by molar-refractivity contribution is 6.42. The van der Waals surface area contributed by atoms with Crippen LogP contribution in [0.4, 0.5) is 0 Å². The number of aryl methyl sites for hydroxylation is 1. The Balaban J connectivity index is 1.59. The summed E-state index contributed by atoms with van der Waals surface area (Å²) >= 11 is 11.8. The second-order valence-corrected chi connectivity index (χ2v) is 6.92. The third-order valence-electron chi connectivity index (χ3n) is 4.02. The Kier molecular flexibility index (Phi) is 6.65. The zero-order valence-corrected chi connectivity index (χ0v) is 16.9. The summed E-state index contributed by atoms with van der Waals surface area (Å²) in [6.45, 7) is 1.86. The summed E-state index contributed by atoms with van der Waals surface area (Å²) < 4.78 is 5.31. The number of carbonyl (C=O) groups is 2. The van der Waals surface area contributed by atoms with Crippen LogP contribution in [0.2, 0.25) is 10.0 Å². The first-order valence-electron chi connectivity index (χ1n) is 8.60. The van der Waals surface area contributed by atoms with Crippen molar-refractivity contribution in [1.29, 1.82) is 0 Å². The third kappa shape index (κ3) is 5.44. The van der Waals surface area contributed by atoms with Gasteiger partial charge in [-0.25, -0.2) is 10.2 Å². The van der Waals surface area contributed by atoms with Crippen LogP contribution in [0.3, 0.4) is 0 Å². The minimum Gasteiger partial charge on any atom is -0.423 e. The second kappa shape index (κ2) is 9.37. The van der Waals surface area contributed by atoms with Gasteiger partial charge in [0.2, 0.25) is 0 Å². The minimum atomic E-state index is -0.546. The lowest BCUT2D eigenvalue weighted by Crippen LogP contribution is -2.18. The number of hydrogen-bond acceptors (Lipinski definition) is 4. The zero-order chi connectivity index (χ0) is 20.8. The average Bonchev–Trinajstić information content (AvgIpc) is 2.71. The van der Waals surface area contributed by atoms with Crippen molar-refractivity contribution >= 4 is 41.3 Å². The number of nitrogens with one attached hydrogen (secondary N) is 1. The van der Waals surface area contributed by atoms with Crippen LogP contribution in [0.1, 0.15) is 31.8 Å². The first-order valence-corrected chi connectivity index (χ1v) is 9.36. The second-order valence-electron chi connectivity index (χ2n) is 6.10. The van der Waals surface area contributed by atoms with E-state index in [9.17, 15) is 9.59 Å². The van der Waals surface area contributed by atoms with Crippen molar-refractivity contribution in [3.8, 4) is 5.75 Å². The fraction of sp³-hybridized carbons (Fsp3) is 0.0455. The Morgan fingerprint density at radius 3 is 2.38 bits per heavy atom. The minimum absolute atomic E-state index is 0.278. The van der Waals surface area contributed by atoms with Gasteiger partial charge >= 0.3 is 5.97 Å². The molecule has 0 radical (unpaired) electrons. The molecule has 0 unspecified atom stereocenters. The van der Waals surface area contributed by atoms with Crippen molar-refractivity contribution in [3.63, 3.8) is 0 Å². The average molecular weight is 427 g/mol. The maximum atomic E-state index is 12.2. The van der Waals surface area contributed by atoms with Crippen LogP contribution < -0.4 is 10.2 Å². The molecule has 0 aliphatic carbocycles. The van der Waals surface area contributed by atoms with Gasteiger partial charge in [0.15, 0.2) is 0 Å². The number of carbonyl (C=O) groups excluding carboxylic acids is 2. The molecule has 29 heavy (non-hydrogen) atoms. The van der Waals surface area contributed by atoms with E-state index in [0.717, 1.165) is 11.1 Å². The summed E-state index contributed by atoms with van der Waals surface area (Å²) in [4.78, 5) is 24.3. The van der Waals surface area contributed by atoms with Crippen LogP contribution >= 0.6 is 23.2 Å². The molecule has 0 saturated carbocycles. The molecule has 0 saturated heterocycles. The lowest BCUT2D eigenvalue weighted by molar-refractivity contribution is 0.0734. The van der Waals surface area contributed by atoms with Crippen LogP contribution in [-0.2, 0) is 0 Å². The molecule has 3 rings (SSSR count). The van der Waals surface area contributed by atoms with E-state index in [1.165, 1.54) is 24.4 Å². The Labute approximate surface area is 177 Å². The predicted molar refractivity (Wildman–Crippen MR) is 114 cm³/mol. The van der Waals surface area contributed by atoms with Crippen molar-refractivity contribution in [1.82, 2.24) is 5.43 Å². The predicted octanol–water partition coefficient (Wildman–Crippen LogP) is 5.28. The molecule has 0 atom stereocenters. The molecule has 0 bridgehead atoms. The maximum Gasteiger partial charge on any atom is 0.343 e. The largest absolute Gasteiger partial charge is 0.423 e. The van der Waals surface area contributed by atoms with Gasteiger partial charge < -0.3 is 4.74 Å². The molecular weight excluding hydrogens is 411 g/mol. The molecule has 0 aliphatic heterocycles. The lowest BCUT2D eigenvalue weighted by Gasteiger charge is -2.06. The normalized spacial score (nSPS) is 10.7. The highest BCUT2D eigenvalue weighted by Gasteiger charge is 2.11. The van der Waals surface area contributed by atoms with Crippen LogP contribution in [0, 0.1) is 6.92 Å². The Morgan fingerprint density at radius 2 is 1.69 bits per heavy atom. The van der Waals surface area contributed by atoms with Gasteiger partial charge in [-0.2, -0.15) is 5.10 Å². The van der Waals surface area contributed by atoms with E-state index in [2.05, 4.69) is 10.5 Å². The number of halogens is 2. The summed E-state index contributed by atoms with van der Waals surface area (Å²) in [5.74, 6) is -0.468. The number of amides is 1. The monoisotopic (exact) mass is 426 g/mol. The van der Waals surface area contributed by atoms with E-state index in [1.807, 2.05) is 19.1 Å². The molecule has 0 aliphatic rings. The highest BCUT2D eigenvalue weighted by Crippen LogP contribution is 2.23. The number of hydrogen-bond donors (Lipinski definition) is 1. The van der Waals surface area contributed by atoms with Crippen LogP contribution in [-0.4, -0.2) is 18.1 Å². The van der Waals surface area contributed by atoms with E-state index in [1.54, 1.807) is 36.4 Å². The molecule has 3 aromatic rings. The van der Waals surface area contributed by atoms with Crippen LogP contribution in [0.25, 0.3) is 0 Å². The van der Waals surface area contributed by atoms with E-state index in [-0.39, 0.29) is 10.9 Å².